The van der Waals surface area contributed by atoms with Gasteiger partial charge in [-0.2, -0.15) is 0 Å². The SMILES string of the molecule is O=C(O)CSc1nnc(S(=O)[O-])s1. The molecule has 0 aliphatic carbocycles. The van der Waals surface area contributed by atoms with Crippen molar-refractivity contribution in [1.82, 2.24) is 10.2 Å². The van der Waals surface area contributed by atoms with Crippen LogP contribution < -0.4 is 0 Å². The quantitative estimate of drug-likeness (QED) is 0.580. The van der Waals surface area contributed by atoms with Gasteiger partial charge in [-0.05, 0) is 0 Å². The van der Waals surface area contributed by atoms with Crippen LogP contribution in [0.15, 0.2) is 8.68 Å². The van der Waals surface area contributed by atoms with Gasteiger partial charge >= 0.3 is 5.97 Å². The normalized spacial score (nSPS) is 12.7. The van der Waals surface area contributed by atoms with Crippen LogP contribution in [0.5, 0.6) is 0 Å². The lowest BCUT2D eigenvalue weighted by Gasteiger charge is -1.94. The van der Waals surface area contributed by atoms with Crippen LogP contribution in [0.1, 0.15) is 0 Å². The highest BCUT2D eigenvalue weighted by atomic mass is 32.2. The van der Waals surface area contributed by atoms with E-state index in [0.717, 1.165) is 23.1 Å². The molecule has 1 rings (SSSR count). The first-order valence-electron chi connectivity index (χ1n) is 2.87. The molecular formula is C4H3N2O4S3-. The molecule has 1 N–H and O–H groups in total. The number of aromatic nitrogens is 2. The van der Waals surface area contributed by atoms with Crippen molar-refractivity contribution in [1.29, 1.82) is 0 Å². The maximum Gasteiger partial charge on any atom is 0.313 e. The first-order valence-corrected chi connectivity index (χ1v) is 5.74. The largest absolute Gasteiger partial charge is 0.767 e. The second-order valence-corrected chi connectivity index (χ2v) is 5.07. The maximum absolute atomic E-state index is 10.3. The molecule has 1 aromatic heterocycles. The molecule has 6 nitrogen and oxygen atoms in total. The fourth-order valence-corrected chi connectivity index (χ4v) is 2.53. The Bertz CT molecular complexity index is 338. The molecule has 0 saturated carbocycles. The Morgan fingerprint density at radius 2 is 2.38 bits per heavy atom. The molecule has 9 heteroatoms. The number of hydrogen-bond acceptors (Lipinski definition) is 7. The van der Waals surface area contributed by atoms with Gasteiger partial charge in [0.2, 0.25) is 0 Å². The van der Waals surface area contributed by atoms with Gasteiger partial charge in [-0.3, -0.25) is 9.00 Å². The minimum Gasteiger partial charge on any atom is -0.767 e. The van der Waals surface area contributed by atoms with Crippen LogP contribution in [0.4, 0.5) is 0 Å². The molecule has 0 amide bonds. The van der Waals surface area contributed by atoms with Crippen molar-refractivity contribution in [2.75, 3.05) is 5.75 Å². The number of nitrogens with zero attached hydrogens (tertiary/aromatic N) is 2. The number of hydrogen-bond donors (Lipinski definition) is 1. The predicted molar refractivity (Wildman–Crippen MR) is 45.5 cm³/mol. The van der Waals surface area contributed by atoms with Gasteiger partial charge < -0.3 is 9.66 Å². The third kappa shape index (κ3) is 3.38. The second-order valence-electron chi connectivity index (χ2n) is 1.75. The van der Waals surface area contributed by atoms with Crippen molar-refractivity contribution >= 4 is 40.1 Å². The summed E-state index contributed by atoms with van der Waals surface area (Å²) in [5, 5.41) is 15.1. The fourth-order valence-electron chi connectivity index (χ4n) is 0.446. The third-order valence-electron chi connectivity index (χ3n) is 0.850. The molecule has 0 aliphatic heterocycles. The van der Waals surface area contributed by atoms with E-state index in [1.165, 1.54) is 0 Å². The summed E-state index contributed by atoms with van der Waals surface area (Å²) in [5.41, 5.74) is 0. The van der Waals surface area contributed by atoms with Gasteiger partial charge in [0, 0.05) is 11.1 Å². The summed E-state index contributed by atoms with van der Waals surface area (Å²) >= 11 is -0.602. The summed E-state index contributed by atoms with van der Waals surface area (Å²) in [4.78, 5) is 10.1. The Balaban J connectivity index is 2.59. The molecule has 0 fully saturated rings. The number of carboxylic acid groups (broad SMARTS) is 1. The molecular weight excluding hydrogens is 236 g/mol. The summed E-state index contributed by atoms with van der Waals surface area (Å²) < 4.78 is 20.9. The van der Waals surface area contributed by atoms with Crippen LogP contribution in [0, 0.1) is 0 Å². The van der Waals surface area contributed by atoms with Gasteiger partial charge in [-0.15, -0.1) is 10.2 Å². The van der Waals surface area contributed by atoms with Crippen LogP contribution in [0.25, 0.3) is 0 Å². The van der Waals surface area contributed by atoms with Crippen molar-refractivity contribution in [3.8, 4) is 0 Å². The number of aliphatic carboxylic acids is 1. The zero-order chi connectivity index (χ0) is 9.84. The molecule has 1 unspecified atom stereocenters. The van der Waals surface area contributed by atoms with Gasteiger partial charge in [-0.1, -0.05) is 23.1 Å². The average Bonchev–Trinajstić information content (AvgIpc) is 2.48. The molecule has 0 bridgehead atoms. The minimum atomic E-state index is -2.39. The van der Waals surface area contributed by atoms with Crippen molar-refractivity contribution in [2.45, 2.75) is 8.68 Å². The van der Waals surface area contributed by atoms with Gasteiger partial charge in [0.25, 0.3) is 0 Å². The number of carbonyl (C=O) groups is 1. The summed E-state index contributed by atoms with van der Waals surface area (Å²) in [6.45, 7) is 0. The summed E-state index contributed by atoms with van der Waals surface area (Å²) in [7, 11) is 0. The topological polar surface area (TPSA) is 103 Å². The highest BCUT2D eigenvalue weighted by Crippen LogP contribution is 2.23. The number of carboxylic acids is 1. The van der Waals surface area contributed by atoms with E-state index in [1.807, 2.05) is 0 Å². The van der Waals surface area contributed by atoms with E-state index in [-0.39, 0.29) is 10.1 Å². The number of thioether (sulfide) groups is 1. The monoisotopic (exact) mass is 239 g/mol. The molecule has 0 spiro atoms. The molecule has 13 heavy (non-hydrogen) atoms. The fraction of sp³-hybridized carbons (Fsp3) is 0.250. The van der Waals surface area contributed by atoms with Crippen molar-refractivity contribution in [3.63, 3.8) is 0 Å². The zero-order valence-corrected chi connectivity index (χ0v) is 8.45. The molecule has 0 radical (unpaired) electrons. The van der Waals surface area contributed by atoms with E-state index in [2.05, 4.69) is 10.2 Å². The Labute approximate surface area is 83.7 Å². The summed E-state index contributed by atoms with van der Waals surface area (Å²) in [5.74, 6) is -1.13. The van der Waals surface area contributed by atoms with Crippen LogP contribution >= 0.6 is 23.1 Å². The first-order chi connectivity index (χ1) is 6.09. The van der Waals surface area contributed by atoms with Crippen LogP contribution in [-0.4, -0.2) is 35.8 Å². The molecule has 1 aromatic rings. The van der Waals surface area contributed by atoms with Crippen LogP contribution in [0.2, 0.25) is 0 Å². The van der Waals surface area contributed by atoms with E-state index in [4.69, 9.17) is 5.11 Å². The third-order valence-corrected chi connectivity index (χ3v) is 3.71. The van der Waals surface area contributed by atoms with E-state index in [9.17, 15) is 13.6 Å². The van der Waals surface area contributed by atoms with Crippen molar-refractivity contribution in [3.05, 3.63) is 0 Å². The highest BCUT2D eigenvalue weighted by Gasteiger charge is 2.06. The number of rotatable bonds is 4. The van der Waals surface area contributed by atoms with E-state index >= 15 is 0 Å². The lowest BCUT2D eigenvalue weighted by Crippen LogP contribution is -1.96. The summed E-state index contributed by atoms with van der Waals surface area (Å²) in [6.07, 6.45) is 0. The molecule has 0 aliphatic rings. The lowest BCUT2D eigenvalue weighted by molar-refractivity contribution is -0.133. The van der Waals surface area contributed by atoms with Gasteiger partial charge in [0.05, 0.1) is 5.75 Å². The molecule has 0 aromatic carbocycles. The Kier molecular flexibility index (Phi) is 3.78. The Morgan fingerprint density at radius 1 is 1.69 bits per heavy atom. The zero-order valence-electron chi connectivity index (χ0n) is 6.00. The molecule has 72 valence electrons. The van der Waals surface area contributed by atoms with Gasteiger partial charge in [-0.25, -0.2) is 0 Å². The smallest absolute Gasteiger partial charge is 0.313 e. The Morgan fingerprint density at radius 3 is 2.85 bits per heavy atom. The molecule has 1 heterocycles. The van der Waals surface area contributed by atoms with E-state index < -0.39 is 17.0 Å². The first kappa shape index (κ1) is 10.6. The lowest BCUT2D eigenvalue weighted by atomic mass is 10.8. The average molecular weight is 239 g/mol. The van der Waals surface area contributed by atoms with Crippen molar-refractivity contribution in [2.24, 2.45) is 0 Å². The van der Waals surface area contributed by atoms with Crippen molar-refractivity contribution < 1.29 is 18.7 Å². The standard InChI is InChI=1S/C4H4N2O4S3/c7-2(8)1-11-3-5-6-4(12-3)13(9)10/h1H2,(H,7,8)(H,9,10)/p-1. The van der Waals surface area contributed by atoms with Crippen LogP contribution in [0.3, 0.4) is 0 Å². The molecule has 0 saturated heterocycles. The second kappa shape index (κ2) is 4.65. The minimum absolute atomic E-state index is 0.132. The van der Waals surface area contributed by atoms with Gasteiger partial charge in [0.15, 0.2) is 8.68 Å². The van der Waals surface area contributed by atoms with E-state index in [1.54, 1.807) is 0 Å². The molecule has 1 atom stereocenters. The van der Waals surface area contributed by atoms with Crippen LogP contribution in [-0.2, 0) is 15.9 Å². The summed E-state index contributed by atoms with van der Waals surface area (Å²) in [6, 6.07) is 0. The maximum atomic E-state index is 10.3. The Hall–Kier alpha value is -0.510. The highest BCUT2D eigenvalue weighted by molar-refractivity contribution is 8.01. The van der Waals surface area contributed by atoms with Gasteiger partial charge in [0.1, 0.15) is 0 Å². The van der Waals surface area contributed by atoms with E-state index in [0.29, 0.717) is 4.34 Å². The predicted octanol–water partition coefficient (Wildman–Crippen LogP) is -0.0472.